The van der Waals surface area contributed by atoms with Crippen molar-refractivity contribution in [2.24, 2.45) is 5.92 Å². The second kappa shape index (κ2) is 21.3. The highest BCUT2D eigenvalue weighted by atomic mass is 17.2. The summed E-state index contributed by atoms with van der Waals surface area (Å²) in [6.45, 7) is 14.3. The van der Waals surface area contributed by atoms with Gasteiger partial charge in [0.2, 0.25) is 0 Å². The van der Waals surface area contributed by atoms with Gasteiger partial charge in [-0.1, -0.05) is 66.2 Å². The monoisotopic (exact) mass is 432 g/mol. The molecule has 30 heavy (non-hydrogen) atoms. The van der Waals surface area contributed by atoms with Gasteiger partial charge in [0.25, 0.3) is 0 Å². The van der Waals surface area contributed by atoms with Gasteiger partial charge in [-0.25, -0.2) is 4.79 Å². The second-order valence-corrected chi connectivity index (χ2v) is 7.92. The van der Waals surface area contributed by atoms with Crippen LogP contribution in [0.25, 0.3) is 0 Å². The molecule has 0 rings (SSSR count). The number of carbonyl (C=O) groups excluding carboxylic acids is 1. The number of hydrogen-bond acceptors (Lipinski definition) is 7. The van der Waals surface area contributed by atoms with E-state index in [2.05, 4.69) is 37.5 Å². The fraction of sp³-hybridized carbons (Fsp3) is 0.957. The topological polar surface area (TPSA) is 71.5 Å². The Morgan fingerprint density at radius 2 is 1.50 bits per heavy atom. The van der Waals surface area contributed by atoms with Gasteiger partial charge in [-0.3, -0.25) is 9.79 Å². The average Bonchev–Trinajstić information content (AvgIpc) is 2.75. The Labute approximate surface area is 185 Å². The van der Waals surface area contributed by atoms with E-state index in [-0.39, 0.29) is 13.2 Å². The van der Waals surface area contributed by atoms with E-state index in [0.29, 0.717) is 25.6 Å². The minimum atomic E-state index is -0.789. The number of ether oxygens (including phenoxy) is 1. The molecule has 0 aliphatic heterocycles. The molecule has 7 heteroatoms. The molecule has 0 spiro atoms. The van der Waals surface area contributed by atoms with Crippen LogP contribution in [0.4, 0.5) is 4.79 Å². The third-order valence-electron chi connectivity index (χ3n) is 5.53. The van der Waals surface area contributed by atoms with Gasteiger partial charge < -0.3 is 14.7 Å². The van der Waals surface area contributed by atoms with Gasteiger partial charge in [0.05, 0.1) is 13.2 Å². The summed E-state index contributed by atoms with van der Waals surface area (Å²) in [4.78, 5) is 26.2. The summed E-state index contributed by atoms with van der Waals surface area (Å²) in [6, 6.07) is 0. The summed E-state index contributed by atoms with van der Waals surface area (Å²) in [5.41, 5.74) is 0. The molecule has 0 bridgehead atoms. The van der Waals surface area contributed by atoms with E-state index in [4.69, 9.17) is 14.5 Å². The zero-order chi connectivity index (χ0) is 22.5. The Bertz CT molecular complexity index is 381. The molecule has 0 aliphatic rings. The molecule has 0 aromatic carbocycles. The predicted octanol–water partition coefficient (Wildman–Crippen LogP) is 4.48. The quantitative estimate of drug-likeness (QED) is 0.124. The van der Waals surface area contributed by atoms with Crippen LogP contribution in [-0.4, -0.2) is 80.2 Å². The van der Waals surface area contributed by atoms with Crippen LogP contribution in [-0.2, 0) is 14.5 Å². The fourth-order valence-corrected chi connectivity index (χ4v) is 3.42. The molecule has 0 fully saturated rings. The van der Waals surface area contributed by atoms with Gasteiger partial charge in [-0.15, -0.1) is 0 Å². The van der Waals surface area contributed by atoms with Crippen molar-refractivity contribution in [3.8, 4) is 0 Å². The summed E-state index contributed by atoms with van der Waals surface area (Å²) >= 11 is 0. The minimum absolute atomic E-state index is 0.0865. The summed E-state index contributed by atoms with van der Waals surface area (Å²) in [6.07, 6.45) is 8.70. The summed E-state index contributed by atoms with van der Waals surface area (Å²) < 4.78 is 5.13. The smallest absolute Gasteiger partial charge is 0.431 e. The van der Waals surface area contributed by atoms with Crippen molar-refractivity contribution >= 4 is 6.16 Å². The number of aliphatic hydroxyl groups excluding tert-OH is 1. The van der Waals surface area contributed by atoms with Crippen molar-refractivity contribution in [3.63, 3.8) is 0 Å². The normalized spacial score (nSPS) is 12.5. The molecule has 1 unspecified atom stereocenters. The first kappa shape index (κ1) is 29.1. The van der Waals surface area contributed by atoms with Crippen LogP contribution < -0.4 is 0 Å². The maximum absolute atomic E-state index is 11.8. The van der Waals surface area contributed by atoms with Crippen molar-refractivity contribution in [1.29, 1.82) is 0 Å². The van der Waals surface area contributed by atoms with Gasteiger partial charge in [-0.2, -0.15) is 4.89 Å². The molecule has 1 atom stereocenters. The lowest BCUT2D eigenvalue weighted by molar-refractivity contribution is -0.263. The first-order chi connectivity index (χ1) is 14.6. The van der Waals surface area contributed by atoms with Gasteiger partial charge in [-0.05, 0) is 31.8 Å². The van der Waals surface area contributed by atoms with Crippen molar-refractivity contribution in [3.05, 3.63) is 0 Å². The SMILES string of the molecule is CCCCCCC(CCCC)COOC(=O)OCCN(CCO)CCN(CC)CC. The Morgan fingerprint density at radius 3 is 2.13 bits per heavy atom. The maximum Gasteiger partial charge on any atom is 0.540 e. The minimum Gasteiger partial charge on any atom is -0.431 e. The molecule has 0 aromatic heterocycles. The van der Waals surface area contributed by atoms with Gasteiger partial charge >= 0.3 is 6.16 Å². The van der Waals surface area contributed by atoms with E-state index in [1.165, 1.54) is 32.1 Å². The second-order valence-electron chi connectivity index (χ2n) is 7.92. The first-order valence-electron chi connectivity index (χ1n) is 12.1. The molecule has 0 amide bonds. The zero-order valence-electron chi connectivity index (χ0n) is 20.1. The van der Waals surface area contributed by atoms with Gasteiger partial charge in [0.1, 0.15) is 6.61 Å². The average molecular weight is 433 g/mol. The summed E-state index contributed by atoms with van der Waals surface area (Å²) in [7, 11) is 0. The van der Waals surface area contributed by atoms with Gasteiger partial charge in [0, 0.05) is 26.2 Å². The molecule has 180 valence electrons. The van der Waals surface area contributed by atoms with Crippen LogP contribution in [0.15, 0.2) is 0 Å². The van der Waals surface area contributed by atoms with Crippen molar-refractivity contribution in [2.75, 3.05) is 59.1 Å². The highest BCUT2D eigenvalue weighted by Crippen LogP contribution is 2.18. The third-order valence-corrected chi connectivity index (χ3v) is 5.53. The molecule has 0 radical (unpaired) electrons. The third kappa shape index (κ3) is 16.9. The van der Waals surface area contributed by atoms with E-state index in [1.54, 1.807) is 0 Å². The Hall–Kier alpha value is -0.890. The largest absolute Gasteiger partial charge is 0.540 e. The van der Waals surface area contributed by atoms with Crippen molar-refractivity contribution in [1.82, 2.24) is 9.80 Å². The molecular formula is C23H48N2O5. The van der Waals surface area contributed by atoms with Crippen LogP contribution in [0.5, 0.6) is 0 Å². The highest BCUT2D eigenvalue weighted by molar-refractivity contribution is 5.58. The van der Waals surface area contributed by atoms with Crippen LogP contribution in [0, 0.1) is 5.92 Å². The predicted molar refractivity (Wildman–Crippen MR) is 121 cm³/mol. The van der Waals surface area contributed by atoms with E-state index in [0.717, 1.165) is 45.4 Å². The van der Waals surface area contributed by atoms with Crippen LogP contribution in [0.2, 0.25) is 0 Å². The lowest BCUT2D eigenvalue weighted by Gasteiger charge is -2.25. The van der Waals surface area contributed by atoms with Crippen LogP contribution in [0.3, 0.4) is 0 Å². The zero-order valence-corrected chi connectivity index (χ0v) is 20.1. The lowest BCUT2D eigenvalue weighted by Crippen LogP contribution is -2.38. The Balaban J connectivity index is 4.06. The Morgan fingerprint density at radius 1 is 0.833 bits per heavy atom. The highest BCUT2D eigenvalue weighted by Gasteiger charge is 2.13. The molecule has 0 aliphatic carbocycles. The Kier molecular flexibility index (Phi) is 20.7. The van der Waals surface area contributed by atoms with Crippen LogP contribution >= 0.6 is 0 Å². The molecule has 0 saturated carbocycles. The number of unbranched alkanes of at least 4 members (excludes halogenated alkanes) is 4. The standard InChI is InChI=1S/C23H48N2O5/c1-5-9-11-12-14-22(13-10-6-2)21-29-30-23(27)28-20-18-25(17-19-26)16-15-24(7-3)8-4/h22,26H,5-21H2,1-4H3. The van der Waals surface area contributed by atoms with Crippen LogP contribution in [0.1, 0.15) is 79.1 Å². The number of hydrogen-bond donors (Lipinski definition) is 1. The number of carbonyl (C=O) groups is 1. The van der Waals surface area contributed by atoms with Crippen molar-refractivity contribution in [2.45, 2.75) is 79.1 Å². The van der Waals surface area contributed by atoms with E-state index in [9.17, 15) is 9.90 Å². The fourth-order valence-electron chi connectivity index (χ4n) is 3.42. The van der Waals surface area contributed by atoms with Gasteiger partial charge in [0.15, 0.2) is 0 Å². The molecule has 0 saturated heterocycles. The summed E-state index contributed by atoms with van der Waals surface area (Å²) in [5, 5.41) is 9.24. The van der Waals surface area contributed by atoms with E-state index in [1.807, 2.05) is 0 Å². The number of nitrogens with zero attached hydrogens (tertiary/aromatic N) is 2. The van der Waals surface area contributed by atoms with E-state index >= 15 is 0 Å². The number of aliphatic hydroxyl groups is 1. The first-order valence-corrected chi connectivity index (χ1v) is 12.1. The number of likely N-dealkylation sites (N-methyl/N-ethyl adjacent to an activating group) is 1. The maximum atomic E-state index is 11.8. The lowest BCUT2D eigenvalue weighted by atomic mass is 9.96. The molecule has 0 aromatic rings. The molecular weight excluding hydrogens is 384 g/mol. The van der Waals surface area contributed by atoms with E-state index < -0.39 is 6.16 Å². The molecule has 7 nitrogen and oxygen atoms in total. The summed E-state index contributed by atoms with van der Waals surface area (Å²) in [5.74, 6) is 0.426. The van der Waals surface area contributed by atoms with Crippen molar-refractivity contribution < 1.29 is 24.4 Å². The number of rotatable bonds is 21. The molecule has 0 heterocycles. The molecule has 1 N–H and O–H groups in total.